The largest absolute Gasteiger partial charge is 0.310 e. The van der Waals surface area contributed by atoms with Gasteiger partial charge >= 0.3 is 0 Å². The first kappa shape index (κ1) is 35.7. The molecule has 9 rings (SSSR count). The molecule has 0 fully saturated rings. The van der Waals surface area contributed by atoms with Gasteiger partial charge in [0, 0.05) is 17.1 Å². The first-order valence-corrected chi connectivity index (χ1v) is 20.1. The molecular weight excluding hydrogens is 687 g/mol. The number of benzene rings is 7. The van der Waals surface area contributed by atoms with E-state index in [1.807, 2.05) is 6.08 Å². The molecule has 1 nitrogen and oxygen atoms in total. The monoisotopic (exact) mass is 731 g/mol. The number of nitrogens with zero attached hydrogens (tertiary/aromatic N) is 1. The fourth-order valence-corrected chi connectivity index (χ4v) is 8.30. The van der Waals surface area contributed by atoms with Gasteiger partial charge in [0.15, 0.2) is 0 Å². The van der Waals surface area contributed by atoms with Crippen LogP contribution in [0.25, 0.3) is 54.9 Å². The highest BCUT2D eigenvalue weighted by Crippen LogP contribution is 2.42. The average molecular weight is 732 g/mol. The maximum absolute atomic E-state index is 4.11. The van der Waals surface area contributed by atoms with Crippen molar-refractivity contribution in [1.82, 2.24) is 0 Å². The van der Waals surface area contributed by atoms with Gasteiger partial charge in [0.2, 0.25) is 0 Å². The van der Waals surface area contributed by atoms with Crippen LogP contribution in [0.3, 0.4) is 0 Å². The van der Waals surface area contributed by atoms with E-state index in [2.05, 4.69) is 218 Å². The fourth-order valence-electron chi connectivity index (χ4n) is 8.30. The second kappa shape index (κ2) is 16.4. The molecule has 0 aromatic heterocycles. The summed E-state index contributed by atoms with van der Waals surface area (Å²) in [5.74, 6) is 0. The van der Waals surface area contributed by atoms with Gasteiger partial charge in [-0.05, 0) is 134 Å². The normalized spacial score (nSPS) is 14.2. The summed E-state index contributed by atoms with van der Waals surface area (Å²) in [4.78, 5) is 2.40. The number of allylic oxidation sites excluding steroid dienone is 13. The lowest BCUT2D eigenvalue weighted by atomic mass is 9.88. The third kappa shape index (κ3) is 7.53. The SMILES string of the molecule is C=C/C=C(\C=C\C1=CCCC=C1)c1ccc(N(c2ccc(-c3cccc4ccccc34)cc2)c2ccc(-c3cccc4ccccc34)cc2)cc1C1=CC=CCC1. The van der Waals surface area contributed by atoms with Gasteiger partial charge in [-0.2, -0.15) is 0 Å². The number of hydrogen-bond donors (Lipinski definition) is 0. The Hall–Kier alpha value is -6.96. The van der Waals surface area contributed by atoms with Crippen molar-refractivity contribution in [2.45, 2.75) is 25.7 Å². The molecule has 0 saturated carbocycles. The molecule has 274 valence electrons. The highest BCUT2D eigenvalue weighted by atomic mass is 15.1. The second-order valence-corrected chi connectivity index (χ2v) is 14.7. The van der Waals surface area contributed by atoms with E-state index >= 15 is 0 Å². The van der Waals surface area contributed by atoms with Crippen molar-refractivity contribution in [2.24, 2.45) is 0 Å². The molecular formula is C56H45N. The molecule has 0 amide bonds. The third-order valence-electron chi connectivity index (χ3n) is 11.2. The average Bonchev–Trinajstić information content (AvgIpc) is 3.29. The van der Waals surface area contributed by atoms with Crippen LogP contribution >= 0.6 is 0 Å². The first-order chi connectivity index (χ1) is 28.2. The maximum atomic E-state index is 4.11. The van der Waals surface area contributed by atoms with Crippen molar-refractivity contribution < 1.29 is 0 Å². The summed E-state index contributed by atoms with van der Waals surface area (Å²) < 4.78 is 0. The first-order valence-electron chi connectivity index (χ1n) is 20.1. The van der Waals surface area contributed by atoms with E-state index in [1.165, 1.54) is 66.1 Å². The molecule has 0 unspecified atom stereocenters. The molecule has 2 aliphatic rings. The summed E-state index contributed by atoms with van der Waals surface area (Å²) in [6.45, 7) is 4.11. The van der Waals surface area contributed by atoms with Crippen molar-refractivity contribution >= 4 is 49.8 Å². The molecule has 0 N–H and O–H groups in total. The summed E-state index contributed by atoms with van der Waals surface area (Å²) in [6, 6.07) is 55.5. The predicted molar refractivity (Wildman–Crippen MR) is 247 cm³/mol. The van der Waals surface area contributed by atoms with Crippen LogP contribution in [0.2, 0.25) is 0 Å². The van der Waals surface area contributed by atoms with Crippen LogP contribution < -0.4 is 4.90 Å². The van der Waals surface area contributed by atoms with Gasteiger partial charge in [-0.1, -0.05) is 183 Å². The quantitative estimate of drug-likeness (QED) is 0.127. The smallest absolute Gasteiger partial charge is 0.0468 e. The van der Waals surface area contributed by atoms with Crippen molar-refractivity contribution in [3.63, 3.8) is 0 Å². The predicted octanol–water partition coefficient (Wildman–Crippen LogP) is 15.9. The molecule has 0 aliphatic heterocycles. The van der Waals surface area contributed by atoms with E-state index in [0.717, 1.165) is 48.3 Å². The van der Waals surface area contributed by atoms with E-state index < -0.39 is 0 Å². The minimum Gasteiger partial charge on any atom is -0.310 e. The van der Waals surface area contributed by atoms with Gasteiger partial charge in [0.05, 0.1) is 0 Å². The summed E-state index contributed by atoms with van der Waals surface area (Å²) in [5, 5.41) is 5.02. The molecule has 7 aromatic carbocycles. The Morgan fingerprint density at radius 2 is 1.18 bits per heavy atom. The molecule has 57 heavy (non-hydrogen) atoms. The molecule has 2 aliphatic carbocycles. The van der Waals surface area contributed by atoms with E-state index in [1.54, 1.807) is 0 Å². The van der Waals surface area contributed by atoms with Gasteiger partial charge in [-0.15, -0.1) is 0 Å². The van der Waals surface area contributed by atoms with Gasteiger partial charge in [-0.3, -0.25) is 0 Å². The molecule has 0 saturated heterocycles. The fraction of sp³-hybridized carbons (Fsp3) is 0.0714. The van der Waals surface area contributed by atoms with Gasteiger partial charge in [0.25, 0.3) is 0 Å². The summed E-state index contributed by atoms with van der Waals surface area (Å²) in [5.41, 5.74) is 14.4. The van der Waals surface area contributed by atoms with E-state index in [0.29, 0.717) is 0 Å². The minimum absolute atomic E-state index is 0.991. The Labute approximate surface area is 337 Å². The Morgan fingerprint density at radius 1 is 0.561 bits per heavy atom. The van der Waals surface area contributed by atoms with Crippen LogP contribution in [-0.4, -0.2) is 0 Å². The zero-order valence-corrected chi connectivity index (χ0v) is 32.2. The Kier molecular flexibility index (Phi) is 10.3. The second-order valence-electron chi connectivity index (χ2n) is 14.7. The van der Waals surface area contributed by atoms with Gasteiger partial charge < -0.3 is 4.90 Å². The van der Waals surface area contributed by atoms with Crippen LogP contribution in [0.5, 0.6) is 0 Å². The number of anilines is 3. The Morgan fingerprint density at radius 3 is 1.75 bits per heavy atom. The van der Waals surface area contributed by atoms with Gasteiger partial charge in [-0.25, -0.2) is 0 Å². The third-order valence-corrected chi connectivity index (χ3v) is 11.2. The Balaban J connectivity index is 1.17. The topological polar surface area (TPSA) is 3.24 Å². The lowest BCUT2D eigenvalue weighted by Gasteiger charge is -2.28. The Bertz CT molecular complexity index is 2650. The van der Waals surface area contributed by atoms with Crippen molar-refractivity contribution in [3.05, 3.63) is 236 Å². The molecule has 0 bridgehead atoms. The summed E-state index contributed by atoms with van der Waals surface area (Å²) in [7, 11) is 0. The number of hydrogen-bond acceptors (Lipinski definition) is 1. The summed E-state index contributed by atoms with van der Waals surface area (Å²) in [6.07, 6.45) is 26.3. The minimum atomic E-state index is 0.991. The van der Waals surface area contributed by atoms with Crippen LogP contribution in [0, 0.1) is 0 Å². The van der Waals surface area contributed by atoms with E-state index in [-0.39, 0.29) is 0 Å². The number of rotatable bonds is 10. The lowest BCUT2D eigenvalue weighted by Crippen LogP contribution is -2.11. The summed E-state index contributed by atoms with van der Waals surface area (Å²) >= 11 is 0. The van der Waals surface area contributed by atoms with Crippen LogP contribution in [0.4, 0.5) is 17.1 Å². The van der Waals surface area contributed by atoms with Gasteiger partial charge in [0.1, 0.15) is 0 Å². The molecule has 1 heteroatoms. The molecule has 0 atom stereocenters. The van der Waals surface area contributed by atoms with E-state index in [4.69, 9.17) is 0 Å². The standard InChI is InChI=1S/C56H45N/c1-2-15-42(29-28-41-16-5-3-6-17-41)55-39-38-50(40-56(55)45-18-7-4-8-19-45)57(48-34-30-46(31-35-48)53-26-13-22-43-20-9-11-24-51(43)53)49-36-32-47(33-37-49)54-27-14-23-44-21-10-12-25-52(44)54/h2,4-5,7,9-18,20-40H,1,3,6,8,19H2/b29-28+,42-15+. The molecule has 7 aromatic rings. The highest BCUT2D eigenvalue weighted by molar-refractivity contribution is 5.98. The maximum Gasteiger partial charge on any atom is 0.0468 e. The zero-order chi connectivity index (χ0) is 38.4. The zero-order valence-electron chi connectivity index (χ0n) is 32.2. The lowest BCUT2D eigenvalue weighted by molar-refractivity contribution is 1.03. The number of fused-ring (bicyclic) bond motifs is 2. The van der Waals surface area contributed by atoms with E-state index in [9.17, 15) is 0 Å². The molecule has 0 spiro atoms. The van der Waals surface area contributed by atoms with Crippen LogP contribution in [0.1, 0.15) is 36.8 Å². The van der Waals surface area contributed by atoms with Crippen LogP contribution in [-0.2, 0) is 0 Å². The van der Waals surface area contributed by atoms with Crippen molar-refractivity contribution in [2.75, 3.05) is 4.90 Å². The van der Waals surface area contributed by atoms with Crippen molar-refractivity contribution in [1.29, 1.82) is 0 Å². The molecule has 0 heterocycles. The highest BCUT2D eigenvalue weighted by Gasteiger charge is 2.19. The molecule has 0 radical (unpaired) electrons. The van der Waals surface area contributed by atoms with Crippen molar-refractivity contribution in [3.8, 4) is 22.3 Å². The van der Waals surface area contributed by atoms with Crippen LogP contribution in [0.15, 0.2) is 225 Å².